The van der Waals surface area contributed by atoms with Gasteiger partial charge in [-0.25, -0.2) is 19.0 Å². The smallest absolute Gasteiger partial charge is 0.141 e. The summed E-state index contributed by atoms with van der Waals surface area (Å²) in [6, 6.07) is 17.5. The van der Waals surface area contributed by atoms with Crippen molar-refractivity contribution in [2.75, 3.05) is 25.5 Å². The van der Waals surface area contributed by atoms with Crippen LogP contribution < -0.4 is 10.1 Å². The average Bonchev–Trinajstić information content (AvgIpc) is 3.46. The Morgan fingerprint density at radius 2 is 1.93 bits per heavy atom. The maximum absolute atomic E-state index is 13.5. The molecule has 12 heteroatoms. The van der Waals surface area contributed by atoms with Crippen molar-refractivity contribution in [2.45, 2.75) is 26.0 Å². The van der Waals surface area contributed by atoms with Gasteiger partial charge in [-0.3, -0.25) is 4.90 Å². The minimum absolute atomic E-state index is 0.204. The summed E-state index contributed by atoms with van der Waals surface area (Å²) in [5, 5.41) is 17.4. The zero-order chi connectivity index (χ0) is 28.9. The molecule has 0 unspecified atom stereocenters. The highest BCUT2D eigenvalue weighted by Gasteiger charge is 2.17. The molecule has 1 aliphatic heterocycles. The van der Waals surface area contributed by atoms with E-state index in [2.05, 4.69) is 35.7 Å². The van der Waals surface area contributed by atoms with E-state index >= 15 is 0 Å². The lowest BCUT2D eigenvalue weighted by molar-refractivity contribution is 0.204. The van der Waals surface area contributed by atoms with Gasteiger partial charge in [-0.1, -0.05) is 34.1 Å². The van der Waals surface area contributed by atoms with Crippen molar-refractivity contribution >= 4 is 39.7 Å². The number of oxime groups is 1. The Balaban J connectivity index is 1.15. The van der Waals surface area contributed by atoms with E-state index in [1.807, 2.05) is 30.5 Å². The van der Waals surface area contributed by atoms with E-state index in [1.54, 1.807) is 36.1 Å². The van der Waals surface area contributed by atoms with E-state index in [0.29, 0.717) is 28.7 Å². The monoisotopic (exact) mass is 586 g/mol. The number of nitrogens with zero attached hydrogens (tertiary/aromatic N) is 7. The van der Waals surface area contributed by atoms with Crippen LogP contribution in [0.3, 0.4) is 0 Å². The van der Waals surface area contributed by atoms with Crippen LogP contribution in [0.4, 0.5) is 15.9 Å². The molecule has 2 aromatic heterocycles. The number of halogens is 2. The summed E-state index contributed by atoms with van der Waals surface area (Å²) in [6.07, 6.45) is 5.23. The lowest BCUT2D eigenvalue weighted by Gasteiger charge is -2.26. The van der Waals surface area contributed by atoms with Crippen LogP contribution in [0.5, 0.6) is 5.75 Å². The number of anilines is 2. The van der Waals surface area contributed by atoms with Crippen molar-refractivity contribution in [3.8, 4) is 11.4 Å². The fraction of sp³-hybridized carbons (Fsp3) is 0.233. The predicted octanol–water partition coefficient (Wildman–Crippen LogP) is 5.92. The molecular weight excluding hydrogens is 559 g/mol. The minimum atomic E-state index is -0.309. The van der Waals surface area contributed by atoms with Gasteiger partial charge in [-0.05, 0) is 54.1 Å². The van der Waals surface area contributed by atoms with E-state index in [1.165, 1.54) is 18.5 Å². The molecule has 1 N–H and O–H groups in total. The Morgan fingerprint density at radius 3 is 2.74 bits per heavy atom. The fourth-order valence-electron chi connectivity index (χ4n) is 4.82. The third-order valence-electron chi connectivity index (χ3n) is 6.94. The quantitative estimate of drug-likeness (QED) is 0.212. The summed E-state index contributed by atoms with van der Waals surface area (Å²) in [7, 11) is 1.58. The fourth-order valence-corrected chi connectivity index (χ4v) is 5.06. The molecule has 0 radical (unpaired) electrons. The average molecular weight is 587 g/mol. The zero-order valence-corrected chi connectivity index (χ0v) is 23.6. The summed E-state index contributed by atoms with van der Waals surface area (Å²) in [4.78, 5) is 16.1. The van der Waals surface area contributed by atoms with Gasteiger partial charge in [0.25, 0.3) is 0 Å². The first-order chi connectivity index (χ1) is 20.5. The molecule has 0 aliphatic carbocycles. The van der Waals surface area contributed by atoms with Gasteiger partial charge < -0.3 is 14.9 Å². The lowest BCUT2D eigenvalue weighted by atomic mass is 10.1. The number of nitrogens with one attached hydrogen (secondary N) is 1. The SMILES string of the molecule is CON=C1CCN(Cc2cn(-c3ccc4ncnc(Nc5ccc(OCc6cccc(F)c6)c(Cl)c5)c4c3)nn2)CC1. The molecule has 42 heavy (non-hydrogen) atoms. The van der Waals surface area contributed by atoms with Crippen molar-refractivity contribution in [2.24, 2.45) is 5.16 Å². The highest BCUT2D eigenvalue weighted by Crippen LogP contribution is 2.31. The van der Waals surface area contributed by atoms with Crippen LogP contribution in [-0.4, -0.2) is 55.8 Å². The summed E-state index contributed by atoms with van der Waals surface area (Å²) in [5.74, 6) is 0.807. The topological polar surface area (TPSA) is 103 Å². The molecule has 1 aliphatic rings. The Hall–Kier alpha value is -4.61. The normalized spacial score (nSPS) is 13.7. The molecule has 0 amide bonds. The van der Waals surface area contributed by atoms with Crippen LogP contribution in [0.15, 0.2) is 78.3 Å². The number of hydrogen-bond acceptors (Lipinski definition) is 9. The molecule has 3 aromatic carbocycles. The molecule has 0 bridgehead atoms. The zero-order valence-electron chi connectivity index (χ0n) is 22.9. The Morgan fingerprint density at radius 1 is 1.05 bits per heavy atom. The summed E-state index contributed by atoms with van der Waals surface area (Å²) >= 11 is 6.50. The Kier molecular flexibility index (Phi) is 8.20. The van der Waals surface area contributed by atoms with Crippen molar-refractivity contribution in [1.82, 2.24) is 29.9 Å². The summed E-state index contributed by atoms with van der Waals surface area (Å²) < 4.78 is 21.0. The number of ether oxygens (including phenoxy) is 1. The molecule has 10 nitrogen and oxygen atoms in total. The standard InChI is InChI=1S/C30H28ClFN8O2/c1-41-37-22-9-11-39(12-10-22)16-24-17-40(38-36-24)25-6-7-28-26(15-25)30(34-19-33-28)35-23-5-8-29(27(31)14-23)42-18-20-3-2-4-21(32)13-20/h2-8,13-15,17,19H,9-12,16,18H2,1H3,(H,33,34,35). The van der Waals surface area contributed by atoms with E-state index < -0.39 is 0 Å². The third kappa shape index (κ3) is 6.48. The molecule has 3 heterocycles. The van der Waals surface area contributed by atoms with Crippen LogP contribution >= 0.6 is 11.6 Å². The number of aromatic nitrogens is 5. The first kappa shape index (κ1) is 27.6. The van der Waals surface area contributed by atoms with Gasteiger partial charge in [0.2, 0.25) is 0 Å². The molecule has 0 spiro atoms. The largest absolute Gasteiger partial charge is 0.487 e. The second-order valence-corrected chi connectivity index (χ2v) is 10.3. The van der Waals surface area contributed by atoms with Crippen molar-refractivity contribution in [1.29, 1.82) is 0 Å². The second-order valence-electron chi connectivity index (χ2n) is 9.88. The van der Waals surface area contributed by atoms with Crippen LogP contribution in [-0.2, 0) is 18.0 Å². The maximum atomic E-state index is 13.5. The number of hydrogen-bond donors (Lipinski definition) is 1. The van der Waals surface area contributed by atoms with E-state index in [0.717, 1.165) is 59.6 Å². The van der Waals surface area contributed by atoms with Crippen molar-refractivity contribution < 1.29 is 14.0 Å². The van der Waals surface area contributed by atoms with Gasteiger partial charge in [0.1, 0.15) is 37.4 Å². The van der Waals surface area contributed by atoms with Gasteiger partial charge in [-0.2, -0.15) is 0 Å². The van der Waals surface area contributed by atoms with Crippen LogP contribution in [0, 0.1) is 5.82 Å². The van der Waals surface area contributed by atoms with E-state index in [4.69, 9.17) is 21.2 Å². The third-order valence-corrected chi connectivity index (χ3v) is 7.24. The first-order valence-electron chi connectivity index (χ1n) is 13.5. The Bertz CT molecular complexity index is 1730. The molecule has 0 atom stereocenters. The summed E-state index contributed by atoms with van der Waals surface area (Å²) in [5.41, 5.74) is 5.04. The summed E-state index contributed by atoms with van der Waals surface area (Å²) in [6.45, 7) is 2.73. The van der Waals surface area contributed by atoms with Crippen molar-refractivity contribution in [3.05, 3.63) is 95.3 Å². The Labute approximate surface area is 246 Å². The predicted molar refractivity (Wildman–Crippen MR) is 159 cm³/mol. The highest BCUT2D eigenvalue weighted by atomic mass is 35.5. The number of likely N-dealkylation sites (tertiary alicyclic amines) is 1. The van der Waals surface area contributed by atoms with Crippen LogP contribution in [0.1, 0.15) is 24.1 Å². The molecule has 1 saturated heterocycles. The van der Waals surface area contributed by atoms with Gasteiger partial charge in [-0.15, -0.1) is 5.10 Å². The van der Waals surface area contributed by atoms with Crippen molar-refractivity contribution in [3.63, 3.8) is 0 Å². The second kappa shape index (κ2) is 12.5. The molecule has 1 fully saturated rings. The minimum Gasteiger partial charge on any atom is -0.487 e. The molecule has 214 valence electrons. The van der Waals surface area contributed by atoms with Crippen LogP contribution in [0.25, 0.3) is 16.6 Å². The first-order valence-corrected chi connectivity index (χ1v) is 13.8. The number of piperidine rings is 1. The van der Waals surface area contributed by atoms with E-state index in [9.17, 15) is 4.39 Å². The highest BCUT2D eigenvalue weighted by molar-refractivity contribution is 6.32. The molecule has 0 saturated carbocycles. The lowest BCUT2D eigenvalue weighted by Crippen LogP contribution is -2.33. The maximum Gasteiger partial charge on any atom is 0.141 e. The number of rotatable bonds is 9. The number of fused-ring (bicyclic) bond motifs is 1. The van der Waals surface area contributed by atoms with Gasteiger partial charge in [0, 0.05) is 43.5 Å². The van der Waals surface area contributed by atoms with E-state index in [-0.39, 0.29) is 12.4 Å². The molecule has 5 aromatic rings. The van der Waals surface area contributed by atoms with Gasteiger partial charge in [0.15, 0.2) is 0 Å². The number of benzene rings is 3. The van der Waals surface area contributed by atoms with Crippen LogP contribution in [0.2, 0.25) is 5.02 Å². The molecule has 6 rings (SSSR count). The molecular formula is C30H28ClFN8O2. The van der Waals surface area contributed by atoms with Gasteiger partial charge >= 0.3 is 0 Å². The van der Waals surface area contributed by atoms with Gasteiger partial charge in [0.05, 0.1) is 33.8 Å².